The molecule has 1 heterocycles. The Morgan fingerprint density at radius 3 is 2.54 bits per heavy atom. The summed E-state index contributed by atoms with van der Waals surface area (Å²) < 4.78 is 27.2. The van der Waals surface area contributed by atoms with Crippen LogP contribution in [-0.2, 0) is 27.3 Å². The lowest BCUT2D eigenvalue weighted by Crippen LogP contribution is -2.67. The Bertz CT molecular complexity index is 1760. The zero-order chi connectivity index (χ0) is 37.9. The highest BCUT2D eigenvalue weighted by Gasteiger charge is 2.74. The minimum Gasteiger partial charge on any atom is -0.393 e. The van der Waals surface area contributed by atoms with Gasteiger partial charge in [-0.05, 0) is 92.7 Å². The Kier molecular flexibility index (Phi) is 10.3. The summed E-state index contributed by atoms with van der Waals surface area (Å²) in [5.41, 5.74) is -0.947. The molecule has 10 atom stereocenters. The number of aliphatic hydroxyl groups is 3. The van der Waals surface area contributed by atoms with Gasteiger partial charge in [0.1, 0.15) is 5.82 Å². The summed E-state index contributed by atoms with van der Waals surface area (Å²) in [6.45, 7) is 7.26. The van der Waals surface area contributed by atoms with E-state index in [4.69, 9.17) is 21.1 Å². The van der Waals surface area contributed by atoms with Crippen molar-refractivity contribution in [1.82, 2.24) is 4.90 Å². The Labute approximate surface area is 324 Å². The number of benzene rings is 2. The van der Waals surface area contributed by atoms with E-state index in [-0.39, 0.29) is 52.8 Å². The first-order valence-electron chi connectivity index (χ1n) is 20.3. The second-order valence-electron chi connectivity index (χ2n) is 18.1. The van der Waals surface area contributed by atoms with Crippen LogP contribution >= 0.6 is 11.6 Å². The molecule has 2 aromatic rings. The number of carbonyl (C=O) groups excluding carboxylic acids is 1. The molecule has 2 aromatic carbocycles. The summed E-state index contributed by atoms with van der Waals surface area (Å²) in [4.78, 5) is 17.0. The van der Waals surface area contributed by atoms with Crippen molar-refractivity contribution in [2.24, 2.45) is 33.5 Å². The molecule has 0 radical (unpaired) electrons. The molecule has 0 amide bonds. The Hall–Kier alpha value is -2.43. The lowest BCUT2D eigenvalue weighted by Gasteiger charge is -2.71. The van der Waals surface area contributed by atoms with Crippen LogP contribution in [0.3, 0.4) is 0 Å². The lowest BCUT2D eigenvalue weighted by molar-refractivity contribution is -0.180. The van der Waals surface area contributed by atoms with E-state index in [1.54, 1.807) is 12.1 Å². The van der Waals surface area contributed by atoms with Crippen LogP contribution < -0.4 is 0 Å². The Balaban J connectivity index is 1.10. The number of aliphatic hydroxyl groups excluding tert-OH is 2. The van der Waals surface area contributed by atoms with Gasteiger partial charge in [-0.1, -0.05) is 80.1 Å². The lowest BCUT2D eigenvalue weighted by atomic mass is 9.32. The first-order valence-corrected chi connectivity index (χ1v) is 20.6. The monoisotopic (exact) mass is 761 g/mol. The molecule has 54 heavy (non-hydrogen) atoms. The van der Waals surface area contributed by atoms with Gasteiger partial charge in [0.15, 0.2) is 5.78 Å². The first-order chi connectivity index (χ1) is 25.8. The molecule has 3 N–H and O–H groups in total. The number of hydrogen-bond acceptors (Lipinski definition) is 7. The minimum absolute atomic E-state index is 0.0390. The summed E-state index contributed by atoms with van der Waals surface area (Å²) in [6, 6.07) is 14.5. The molecule has 7 aliphatic rings. The minimum atomic E-state index is -1.09. The van der Waals surface area contributed by atoms with E-state index in [2.05, 4.69) is 37.0 Å². The van der Waals surface area contributed by atoms with Crippen LogP contribution in [0, 0.1) is 39.3 Å². The predicted octanol–water partition coefficient (Wildman–Crippen LogP) is 7.24. The maximum Gasteiger partial charge on any atom is 0.164 e. The third kappa shape index (κ3) is 6.27. The summed E-state index contributed by atoms with van der Waals surface area (Å²) in [5.74, 6) is -0.520. The van der Waals surface area contributed by atoms with Crippen molar-refractivity contribution in [2.75, 3.05) is 32.8 Å². The van der Waals surface area contributed by atoms with E-state index in [1.807, 2.05) is 30.3 Å². The van der Waals surface area contributed by atoms with E-state index in [9.17, 15) is 20.1 Å². The summed E-state index contributed by atoms with van der Waals surface area (Å²) in [6.07, 6.45) is 12.5. The zero-order valence-corrected chi connectivity index (χ0v) is 32.6. The molecule has 2 bridgehead atoms. The fourth-order valence-electron chi connectivity index (χ4n) is 12.5. The molecule has 1 saturated heterocycles. The average Bonchev–Trinajstić information content (AvgIpc) is 3.75. The quantitative estimate of drug-likeness (QED) is 0.185. The van der Waals surface area contributed by atoms with Crippen molar-refractivity contribution in [3.05, 3.63) is 94.3 Å². The third-order valence-corrected chi connectivity index (χ3v) is 15.6. The van der Waals surface area contributed by atoms with Gasteiger partial charge >= 0.3 is 0 Å². The maximum atomic E-state index is 15.2. The molecule has 7 nitrogen and oxygen atoms in total. The molecule has 0 aromatic heterocycles. The summed E-state index contributed by atoms with van der Waals surface area (Å²) in [7, 11) is 0. The molecule has 9 heteroatoms. The van der Waals surface area contributed by atoms with Crippen molar-refractivity contribution in [1.29, 1.82) is 0 Å². The second kappa shape index (κ2) is 14.5. The van der Waals surface area contributed by atoms with Crippen LogP contribution in [0.2, 0.25) is 5.02 Å². The molecular formula is C45H57ClFNO6. The van der Waals surface area contributed by atoms with Gasteiger partial charge in [-0.25, -0.2) is 4.39 Å². The van der Waals surface area contributed by atoms with E-state index in [0.717, 1.165) is 57.1 Å². The van der Waals surface area contributed by atoms with Crippen LogP contribution in [0.25, 0.3) is 0 Å². The number of hydrogen-bond donors (Lipinski definition) is 3. The largest absolute Gasteiger partial charge is 0.393 e. The summed E-state index contributed by atoms with van der Waals surface area (Å²) >= 11 is 6.50. The number of Topliss-reactive ketones (excluding diaryl/α,β-unsaturated/α-hetero) is 1. The molecular weight excluding hydrogens is 705 g/mol. The number of rotatable bonds is 13. The van der Waals surface area contributed by atoms with Crippen molar-refractivity contribution in [3.63, 3.8) is 0 Å². The molecule has 9 rings (SSSR count). The molecule has 6 aliphatic carbocycles. The number of nitrogens with zero attached hydrogens (tertiary/aromatic N) is 1. The van der Waals surface area contributed by atoms with Crippen LogP contribution in [0.5, 0.6) is 0 Å². The smallest absolute Gasteiger partial charge is 0.164 e. The highest BCUT2D eigenvalue weighted by atomic mass is 35.5. The molecule has 3 saturated carbocycles. The topological polar surface area (TPSA) is 99.5 Å². The van der Waals surface area contributed by atoms with Gasteiger partial charge in [0.25, 0.3) is 0 Å². The summed E-state index contributed by atoms with van der Waals surface area (Å²) in [5, 5.41) is 35.6. The first kappa shape index (κ1) is 38.4. The highest BCUT2D eigenvalue weighted by Crippen LogP contribution is 2.78. The van der Waals surface area contributed by atoms with E-state index < -0.39 is 39.9 Å². The van der Waals surface area contributed by atoms with E-state index >= 15 is 4.39 Å². The number of ether oxygens (including phenoxy) is 2. The number of ketones is 1. The van der Waals surface area contributed by atoms with Crippen molar-refractivity contribution in [2.45, 2.75) is 109 Å². The molecule has 10 unspecified atom stereocenters. The number of allylic oxidation sites excluding steroid dienone is 4. The van der Waals surface area contributed by atoms with Gasteiger partial charge in [0.05, 0.1) is 37.1 Å². The third-order valence-electron chi connectivity index (χ3n) is 15.3. The second-order valence-corrected chi connectivity index (χ2v) is 18.5. The van der Waals surface area contributed by atoms with Gasteiger partial charge in [-0.15, -0.1) is 0 Å². The average molecular weight is 762 g/mol. The van der Waals surface area contributed by atoms with E-state index in [1.165, 1.54) is 6.07 Å². The molecule has 2 spiro atoms. The number of carbonyl (C=O) groups is 1. The Morgan fingerprint density at radius 1 is 1.02 bits per heavy atom. The Morgan fingerprint density at radius 2 is 1.78 bits per heavy atom. The van der Waals surface area contributed by atoms with Crippen LogP contribution in [0.4, 0.5) is 4.39 Å². The van der Waals surface area contributed by atoms with E-state index in [0.29, 0.717) is 44.7 Å². The SMILES string of the molecule is CC12CCC(O)CC13C=CC1(C(C(=O)Cc4c(F)cccc4Cl)=C3)C2CCC2(C)C1CCC2(O)CN(CC(O)COCc1ccccc1)CC1CCCO1. The van der Waals surface area contributed by atoms with Gasteiger partial charge in [-0.3, -0.25) is 9.69 Å². The van der Waals surface area contributed by atoms with Crippen LogP contribution in [0.15, 0.2) is 72.3 Å². The highest BCUT2D eigenvalue weighted by molar-refractivity contribution is 6.31. The van der Waals surface area contributed by atoms with Crippen molar-refractivity contribution < 1.29 is 34.0 Å². The van der Waals surface area contributed by atoms with Gasteiger partial charge in [-0.2, -0.15) is 0 Å². The number of fused-ring (bicyclic) bond motifs is 1. The fourth-order valence-corrected chi connectivity index (χ4v) is 12.7. The zero-order valence-electron chi connectivity index (χ0n) is 31.8. The van der Waals surface area contributed by atoms with Crippen molar-refractivity contribution >= 4 is 17.4 Å². The molecule has 4 fully saturated rings. The van der Waals surface area contributed by atoms with Gasteiger partial charge < -0.3 is 24.8 Å². The molecule has 292 valence electrons. The standard InChI is InChI=1S/C45H57ClFNO6/c1-41-16-13-31(49)23-43(41)19-20-45(35(24-43)38(51)22-34-36(46)11-6-12-37(34)47)39(41)14-17-42(2)40(45)15-18-44(42,52)29-48(26-33-10-7-21-54-33)25-32(50)28-53-27-30-8-4-3-5-9-30/h3-6,8-9,11-12,19-20,24,31-33,39-40,49-50,52H,7,10,13-18,21-23,25-29H2,1-2H3. The predicted molar refractivity (Wildman–Crippen MR) is 206 cm³/mol. The van der Waals surface area contributed by atoms with Crippen LogP contribution in [-0.4, -0.2) is 82.8 Å². The maximum absolute atomic E-state index is 15.2. The fraction of sp³-hybridized carbons (Fsp3) is 0.622. The van der Waals surface area contributed by atoms with Crippen molar-refractivity contribution in [3.8, 4) is 0 Å². The number of halogens is 2. The van der Waals surface area contributed by atoms with Crippen LogP contribution in [0.1, 0.15) is 82.8 Å². The normalized spacial score (nSPS) is 38.6. The van der Waals surface area contributed by atoms with Gasteiger partial charge in [0, 0.05) is 65.1 Å². The molecule has 1 aliphatic heterocycles. The van der Waals surface area contributed by atoms with Gasteiger partial charge in [0.2, 0.25) is 0 Å².